The van der Waals surface area contributed by atoms with Crippen molar-refractivity contribution in [2.75, 3.05) is 13.1 Å². The maximum Gasteiger partial charge on any atom is 0.255 e. The van der Waals surface area contributed by atoms with Crippen molar-refractivity contribution in [2.24, 2.45) is 0 Å². The molecule has 2 aromatic rings. The van der Waals surface area contributed by atoms with Crippen LogP contribution in [0.2, 0.25) is 5.02 Å². The smallest absolute Gasteiger partial charge is 0.255 e. The van der Waals surface area contributed by atoms with Gasteiger partial charge in [-0.3, -0.25) is 24.6 Å². The van der Waals surface area contributed by atoms with Crippen LogP contribution in [0.1, 0.15) is 65.1 Å². The number of imide groups is 1. The Morgan fingerprint density at radius 2 is 1.89 bits per heavy atom. The van der Waals surface area contributed by atoms with Crippen LogP contribution >= 0.6 is 11.6 Å². The van der Waals surface area contributed by atoms with Crippen molar-refractivity contribution < 1.29 is 19.1 Å². The number of nitrogens with zero attached hydrogens (tertiary/aromatic N) is 3. The van der Waals surface area contributed by atoms with E-state index in [0.29, 0.717) is 41.1 Å². The van der Waals surface area contributed by atoms with Crippen LogP contribution in [-0.4, -0.2) is 58.8 Å². The van der Waals surface area contributed by atoms with Crippen molar-refractivity contribution in [2.45, 2.75) is 62.8 Å². The SMILES string of the molecule is N#Cc1cc(Cl)ccc1C1CN([C@@H]2CCC[C@@H]2Oc2ccc3c(c2)CN([C@@H]2CCC(=O)NC2=O)C3=O)C1. The van der Waals surface area contributed by atoms with E-state index < -0.39 is 11.9 Å². The molecule has 190 valence electrons. The minimum atomic E-state index is -0.622. The van der Waals surface area contributed by atoms with Crippen LogP contribution < -0.4 is 10.1 Å². The van der Waals surface area contributed by atoms with Crippen molar-refractivity contribution in [1.29, 1.82) is 5.26 Å². The molecule has 3 aliphatic heterocycles. The van der Waals surface area contributed by atoms with Crippen molar-refractivity contribution in [3.63, 3.8) is 0 Å². The highest BCUT2D eigenvalue weighted by Crippen LogP contribution is 2.38. The number of hydrogen-bond donors (Lipinski definition) is 1. The zero-order valence-corrected chi connectivity index (χ0v) is 21.0. The average Bonchev–Trinajstić information content (AvgIpc) is 3.43. The highest BCUT2D eigenvalue weighted by Gasteiger charge is 2.42. The Hall–Kier alpha value is -3.41. The van der Waals surface area contributed by atoms with Crippen LogP contribution in [0, 0.1) is 11.3 Å². The summed E-state index contributed by atoms with van der Waals surface area (Å²) in [7, 11) is 0. The van der Waals surface area contributed by atoms with E-state index in [0.717, 1.165) is 49.2 Å². The summed E-state index contributed by atoms with van der Waals surface area (Å²) in [6.07, 6.45) is 3.77. The molecule has 2 saturated heterocycles. The first kappa shape index (κ1) is 24.0. The van der Waals surface area contributed by atoms with Crippen molar-refractivity contribution in [3.8, 4) is 11.8 Å². The number of likely N-dealkylation sites (tertiary alicyclic amines) is 1. The normalized spacial score (nSPS) is 26.0. The highest BCUT2D eigenvalue weighted by molar-refractivity contribution is 6.30. The average molecular weight is 519 g/mol. The minimum absolute atomic E-state index is 0.0583. The van der Waals surface area contributed by atoms with Gasteiger partial charge in [0.2, 0.25) is 11.8 Å². The summed E-state index contributed by atoms with van der Waals surface area (Å²) >= 11 is 6.06. The fraction of sp³-hybridized carbons (Fsp3) is 0.429. The molecule has 3 atom stereocenters. The van der Waals surface area contributed by atoms with Gasteiger partial charge in [0.05, 0.1) is 11.6 Å². The lowest BCUT2D eigenvalue weighted by Gasteiger charge is -2.45. The number of nitrogens with one attached hydrogen (secondary N) is 1. The first-order valence-electron chi connectivity index (χ1n) is 12.8. The van der Waals surface area contributed by atoms with Crippen LogP contribution in [0.3, 0.4) is 0 Å². The van der Waals surface area contributed by atoms with Crippen molar-refractivity contribution in [3.05, 3.63) is 63.7 Å². The van der Waals surface area contributed by atoms with Gasteiger partial charge in [-0.05, 0) is 67.1 Å². The molecule has 3 heterocycles. The lowest BCUT2D eigenvalue weighted by Crippen LogP contribution is -2.54. The van der Waals surface area contributed by atoms with Crippen LogP contribution in [0.5, 0.6) is 5.75 Å². The maximum absolute atomic E-state index is 13.0. The van der Waals surface area contributed by atoms with Crippen molar-refractivity contribution >= 4 is 29.3 Å². The molecule has 0 bridgehead atoms. The van der Waals surface area contributed by atoms with Crippen molar-refractivity contribution in [1.82, 2.24) is 15.1 Å². The molecule has 3 amide bonds. The molecule has 1 saturated carbocycles. The Balaban J connectivity index is 1.11. The van der Waals surface area contributed by atoms with E-state index in [1.165, 1.54) is 0 Å². The van der Waals surface area contributed by atoms with Gasteiger partial charge in [0.1, 0.15) is 17.9 Å². The topological polar surface area (TPSA) is 103 Å². The summed E-state index contributed by atoms with van der Waals surface area (Å²) < 4.78 is 6.46. The summed E-state index contributed by atoms with van der Waals surface area (Å²) in [4.78, 5) is 40.8. The summed E-state index contributed by atoms with van der Waals surface area (Å²) in [5.41, 5.74) is 3.14. The van der Waals surface area contributed by atoms with E-state index in [1.807, 2.05) is 24.3 Å². The van der Waals surface area contributed by atoms with E-state index in [4.69, 9.17) is 16.3 Å². The van der Waals surface area contributed by atoms with Gasteiger partial charge in [0.25, 0.3) is 5.91 Å². The molecule has 1 N–H and O–H groups in total. The van der Waals surface area contributed by atoms with Gasteiger partial charge < -0.3 is 9.64 Å². The van der Waals surface area contributed by atoms with Gasteiger partial charge in [-0.2, -0.15) is 5.26 Å². The predicted molar refractivity (Wildman–Crippen MR) is 135 cm³/mol. The summed E-state index contributed by atoms with van der Waals surface area (Å²) in [5, 5.41) is 12.4. The van der Waals surface area contributed by atoms with Crippen LogP contribution in [0.25, 0.3) is 0 Å². The van der Waals surface area contributed by atoms with Gasteiger partial charge in [-0.25, -0.2) is 0 Å². The summed E-state index contributed by atoms with van der Waals surface area (Å²) in [6.45, 7) is 2.11. The number of fused-ring (bicyclic) bond motifs is 1. The quantitative estimate of drug-likeness (QED) is 0.609. The minimum Gasteiger partial charge on any atom is -0.489 e. The first-order valence-corrected chi connectivity index (χ1v) is 13.2. The predicted octanol–water partition coefficient (Wildman–Crippen LogP) is 3.37. The molecule has 6 rings (SSSR count). The number of piperidine rings is 1. The van der Waals surface area contributed by atoms with E-state index in [-0.39, 0.29) is 24.3 Å². The molecule has 9 heteroatoms. The number of benzene rings is 2. The van der Waals surface area contributed by atoms with E-state index in [1.54, 1.807) is 17.0 Å². The molecule has 0 spiro atoms. The second kappa shape index (κ2) is 9.47. The highest BCUT2D eigenvalue weighted by atomic mass is 35.5. The third-order valence-electron chi connectivity index (χ3n) is 8.15. The molecule has 0 unspecified atom stereocenters. The van der Waals surface area contributed by atoms with Crippen LogP contribution in [0.4, 0.5) is 0 Å². The maximum atomic E-state index is 13.0. The number of carbonyl (C=O) groups excluding carboxylic acids is 3. The monoisotopic (exact) mass is 518 g/mol. The molecule has 4 aliphatic rings. The molecule has 2 aromatic carbocycles. The molecule has 3 fully saturated rings. The Kier molecular flexibility index (Phi) is 6.13. The number of amides is 3. The number of ether oxygens (including phenoxy) is 1. The number of nitriles is 1. The first-order chi connectivity index (χ1) is 17.9. The van der Waals surface area contributed by atoms with E-state index in [9.17, 15) is 19.6 Å². The molecule has 0 radical (unpaired) electrons. The fourth-order valence-corrected chi connectivity index (χ4v) is 6.39. The zero-order valence-electron chi connectivity index (χ0n) is 20.3. The molecule has 37 heavy (non-hydrogen) atoms. The zero-order chi connectivity index (χ0) is 25.7. The third-order valence-corrected chi connectivity index (χ3v) is 8.39. The summed E-state index contributed by atoms with van der Waals surface area (Å²) in [6, 6.07) is 13.1. The number of rotatable bonds is 5. The Morgan fingerprint density at radius 3 is 2.68 bits per heavy atom. The van der Waals surface area contributed by atoms with Gasteiger partial charge in [-0.1, -0.05) is 17.7 Å². The molecular weight excluding hydrogens is 492 g/mol. The lowest BCUT2D eigenvalue weighted by atomic mass is 9.86. The molecule has 1 aliphatic carbocycles. The van der Waals surface area contributed by atoms with Crippen LogP contribution in [0.15, 0.2) is 36.4 Å². The van der Waals surface area contributed by atoms with E-state index in [2.05, 4.69) is 16.3 Å². The van der Waals surface area contributed by atoms with E-state index >= 15 is 0 Å². The Labute approximate surface area is 220 Å². The van der Waals surface area contributed by atoms with Gasteiger partial charge in [0, 0.05) is 48.6 Å². The van der Waals surface area contributed by atoms with Gasteiger partial charge in [-0.15, -0.1) is 0 Å². The Bertz CT molecular complexity index is 1330. The van der Waals surface area contributed by atoms with Gasteiger partial charge in [0.15, 0.2) is 0 Å². The van der Waals surface area contributed by atoms with Crippen LogP contribution in [-0.2, 0) is 16.1 Å². The molecular formula is C28H27ClN4O4. The second-order valence-electron chi connectivity index (χ2n) is 10.4. The second-order valence-corrected chi connectivity index (χ2v) is 10.8. The lowest BCUT2D eigenvalue weighted by molar-refractivity contribution is -0.136. The summed E-state index contributed by atoms with van der Waals surface area (Å²) in [5.74, 6) is 0.170. The number of carbonyl (C=O) groups is 3. The number of hydrogen-bond acceptors (Lipinski definition) is 6. The fourth-order valence-electron chi connectivity index (χ4n) is 6.22. The molecule has 0 aromatic heterocycles. The third kappa shape index (κ3) is 4.36. The van der Waals surface area contributed by atoms with Gasteiger partial charge >= 0.3 is 0 Å². The molecule has 8 nitrogen and oxygen atoms in total. The Morgan fingerprint density at radius 1 is 1.05 bits per heavy atom. The number of halogens is 1. The largest absolute Gasteiger partial charge is 0.489 e. The standard InChI is InChI=1S/C28H27ClN4O4/c29-19-4-6-21(16(10-19)12-30)18-13-32(14-18)23-2-1-3-25(23)37-20-5-7-22-17(11-20)15-33(28(22)36)24-8-9-26(34)31-27(24)35/h4-7,10-11,18,23-25H,1-3,8-9,13-15H2,(H,31,34,35)/t23-,24-,25+/m1/s1.